The van der Waals surface area contributed by atoms with Crippen LogP contribution in [0.4, 0.5) is 0 Å². The summed E-state index contributed by atoms with van der Waals surface area (Å²) in [5.41, 5.74) is 3.14. The minimum absolute atomic E-state index is 0.0149. The van der Waals surface area contributed by atoms with Gasteiger partial charge in [-0.1, -0.05) is 109 Å². The second-order valence-electron chi connectivity index (χ2n) is 12.3. The highest BCUT2D eigenvalue weighted by molar-refractivity contribution is 5.91. The second kappa shape index (κ2) is 17.9. The van der Waals surface area contributed by atoms with E-state index in [1.165, 1.54) is 11.6 Å². The van der Waals surface area contributed by atoms with Crippen LogP contribution in [-0.4, -0.2) is 34.9 Å². The molecular weight excluding hydrogens is 512 g/mol. The summed E-state index contributed by atoms with van der Waals surface area (Å²) in [6.07, 6.45) is 18.8. The van der Waals surface area contributed by atoms with Gasteiger partial charge in [0.2, 0.25) is 0 Å². The summed E-state index contributed by atoms with van der Waals surface area (Å²) >= 11 is 0. The number of rotatable bonds is 16. The molecule has 1 heterocycles. The SMILES string of the molecule is CCC(=C/[C@@H](C)C/C=C/C(C)=C/[C@@H](C)C(=O)[C@@H](C)C(O)[C@@H](C)C/C(C)=C/C(=O)C(C)C)/C=C/[C@H]1OC(=O)C=C[C@@H]1C. The number of allylic oxidation sites excluding steroid dienone is 9. The van der Waals surface area contributed by atoms with Gasteiger partial charge in [0.1, 0.15) is 11.9 Å². The third kappa shape index (κ3) is 13.2. The number of esters is 1. The van der Waals surface area contributed by atoms with Crippen molar-refractivity contribution in [2.45, 2.75) is 101 Å². The van der Waals surface area contributed by atoms with Crippen molar-refractivity contribution in [1.29, 1.82) is 0 Å². The Bertz CT molecular complexity index is 1070. The Balaban J connectivity index is 2.70. The molecule has 0 bridgehead atoms. The third-order valence-corrected chi connectivity index (χ3v) is 7.71. The highest BCUT2D eigenvalue weighted by atomic mass is 16.5. The first-order valence-corrected chi connectivity index (χ1v) is 15.2. The van der Waals surface area contributed by atoms with Gasteiger partial charge in [0.25, 0.3) is 0 Å². The van der Waals surface area contributed by atoms with E-state index in [9.17, 15) is 19.5 Å². The van der Waals surface area contributed by atoms with Crippen LogP contribution in [0.25, 0.3) is 0 Å². The lowest BCUT2D eigenvalue weighted by molar-refractivity contribution is -0.143. The number of aliphatic hydroxyl groups excluding tert-OH is 1. The quantitative estimate of drug-likeness (QED) is 0.117. The number of aliphatic hydroxyl groups is 1. The zero-order chi connectivity index (χ0) is 31.3. The lowest BCUT2D eigenvalue weighted by Gasteiger charge is -2.26. The van der Waals surface area contributed by atoms with Crippen LogP contribution in [-0.2, 0) is 19.1 Å². The third-order valence-electron chi connectivity index (χ3n) is 7.71. The van der Waals surface area contributed by atoms with Gasteiger partial charge in [-0.15, -0.1) is 0 Å². The monoisotopic (exact) mass is 566 g/mol. The van der Waals surface area contributed by atoms with Crippen molar-refractivity contribution in [3.63, 3.8) is 0 Å². The van der Waals surface area contributed by atoms with Gasteiger partial charge in [0.05, 0.1) is 6.10 Å². The molecule has 1 unspecified atom stereocenters. The summed E-state index contributed by atoms with van der Waals surface area (Å²) in [6, 6.07) is 0. The minimum Gasteiger partial charge on any atom is -0.454 e. The van der Waals surface area contributed by atoms with Crippen LogP contribution >= 0.6 is 0 Å². The molecule has 5 nitrogen and oxygen atoms in total. The van der Waals surface area contributed by atoms with Gasteiger partial charge in [-0.05, 0) is 57.1 Å². The maximum atomic E-state index is 13.1. The first-order valence-electron chi connectivity index (χ1n) is 15.2. The number of Topliss-reactive ketones (excluding diaryl/α,β-unsaturated/α-hetero) is 1. The normalized spacial score (nSPS) is 22.6. The van der Waals surface area contributed by atoms with Crippen molar-refractivity contribution in [2.75, 3.05) is 0 Å². The van der Waals surface area contributed by atoms with Gasteiger partial charge in [0.15, 0.2) is 5.78 Å². The highest BCUT2D eigenvalue weighted by Crippen LogP contribution is 2.24. The summed E-state index contributed by atoms with van der Waals surface area (Å²) in [6.45, 7) is 19.6. The molecule has 228 valence electrons. The Morgan fingerprint density at radius 3 is 2.32 bits per heavy atom. The molecule has 0 saturated carbocycles. The Morgan fingerprint density at radius 1 is 1.05 bits per heavy atom. The summed E-state index contributed by atoms with van der Waals surface area (Å²) < 4.78 is 5.40. The molecule has 0 aliphatic carbocycles. The molecule has 1 aliphatic rings. The van der Waals surface area contributed by atoms with E-state index in [4.69, 9.17) is 4.74 Å². The zero-order valence-electron chi connectivity index (χ0n) is 27.0. The number of carbonyl (C=O) groups excluding carboxylic acids is 3. The van der Waals surface area contributed by atoms with Crippen molar-refractivity contribution in [2.24, 2.45) is 35.5 Å². The van der Waals surface area contributed by atoms with E-state index in [0.29, 0.717) is 12.3 Å². The largest absolute Gasteiger partial charge is 0.454 e. The Hall–Kier alpha value is -2.79. The van der Waals surface area contributed by atoms with E-state index in [1.807, 2.05) is 66.7 Å². The number of carbonyl (C=O) groups is 3. The number of hydrogen-bond donors (Lipinski definition) is 1. The molecule has 0 saturated heterocycles. The van der Waals surface area contributed by atoms with Crippen LogP contribution in [0, 0.1) is 35.5 Å². The second-order valence-corrected chi connectivity index (χ2v) is 12.3. The van der Waals surface area contributed by atoms with E-state index in [2.05, 4.69) is 38.2 Å². The van der Waals surface area contributed by atoms with E-state index in [1.54, 1.807) is 13.0 Å². The minimum atomic E-state index is -0.772. The number of hydrogen-bond acceptors (Lipinski definition) is 5. The molecular formula is C36H54O5. The molecule has 0 aromatic rings. The maximum Gasteiger partial charge on any atom is 0.331 e. The molecule has 0 aromatic carbocycles. The van der Waals surface area contributed by atoms with E-state index >= 15 is 0 Å². The van der Waals surface area contributed by atoms with Gasteiger partial charge >= 0.3 is 5.97 Å². The molecule has 5 heteroatoms. The smallest absolute Gasteiger partial charge is 0.331 e. The zero-order valence-corrected chi connectivity index (χ0v) is 27.0. The molecule has 0 radical (unpaired) electrons. The first-order chi connectivity index (χ1) is 19.2. The average molecular weight is 567 g/mol. The van der Waals surface area contributed by atoms with E-state index in [0.717, 1.165) is 24.0 Å². The van der Waals surface area contributed by atoms with Crippen molar-refractivity contribution >= 4 is 17.5 Å². The van der Waals surface area contributed by atoms with Gasteiger partial charge in [0, 0.05) is 29.7 Å². The molecule has 7 atom stereocenters. The van der Waals surface area contributed by atoms with Crippen molar-refractivity contribution in [3.05, 3.63) is 71.4 Å². The molecule has 0 aromatic heterocycles. The lowest BCUT2D eigenvalue weighted by atomic mass is 9.82. The standard InChI is InChI=1S/C36H54O5/c1-11-31(16-17-33-27(7)15-18-34(38)41-33)21-25(5)14-12-13-24(4)19-28(8)35(39)30(10)36(40)29(9)20-26(6)22-32(37)23(2)3/h12-13,15-19,21-23,25,27-30,33,36,40H,11,14,20H2,1-10H3/b13-12+,17-16+,24-19+,26-22+,31-21-/t25-,27-,28+,29-,30+,33+,36?/m0/s1. The highest BCUT2D eigenvalue weighted by Gasteiger charge is 2.29. The Morgan fingerprint density at radius 2 is 1.71 bits per heavy atom. The Labute approximate surface area is 249 Å². The fourth-order valence-electron chi connectivity index (χ4n) is 4.95. The average Bonchev–Trinajstić information content (AvgIpc) is 2.90. The predicted molar refractivity (Wildman–Crippen MR) is 169 cm³/mol. The Kier molecular flexibility index (Phi) is 15.8. The van der Waals surface area contributed by atoms with Crippen LogP contribution in [0.2, 0.25) is 0 Å². The summed E-state index contributed by atoms with van der Waals surface area (Å²) in [5, 5.41) is 10.9. The molecule has 0 amide bonds. The molecule has 1 N–H and O–H groups in total. The molecule has 0 fully saturated rings. The molecule has 1 aliphatic heterocycles. The fourth-order valence-corrected chi connectivity index (χ4v) is 4.95. The van der Waals surface area contributed by atoms with Gasteiger partial charge in [-0.3, -0.25) is 9.59 Å². The lowest BCUT2D eigenvalue weighted by Crippen LogP contribution is -2.34. The summed E-state index contributed by atoms with van der Waals surface area (Å²) in [4.78, 5) is 36.6. The van der Waals surface area contributed by atoms with Crippen LogP contribution in [0.1, 0.15) is 88.5 Å². The predicted octanol–water partition coefficient (Wildman–Crippen LogP) is 7.93. The molecule has 0 spiro atoms. The van der Waals surface area contributed by atoms with Gasteiger partial charge in [-0.25, -0.2) is 4.79 Å². The molecule has 41 heavy (non-hydrogen) atoms. The van der Waals surface area contributed by atoms with Crippen molar-refractivity contribution < 1.29 is 24.2 Å². The van der Waals surface area contributed by atoms with Crippen LogP contribution in [0.5, 0.6) is 0 Å². The molecule has 1 rings (SSSR count). The summed E-state index contributed by atoms with van der Waals surface area (Å²) in [7, 11) is 0. The van der Waals surface area contributed by atoms with E-state index < -0.39 is 12.0 Å². The van der Waals surface area contributed by atoms with Gasteiger partial charge in [-0.2, -0.15) is 0 Å². The topological polar surface area (TPSA) is 80.7 Å². The first kappa shape index (κ1) is 36.2. The van der Waals surface area contributed by atoms with E-state index in [-0.39, 0.29) is 47.3 Å². The number of ketones is 2. The van der Waals surface area contributed by atoms with Crippen LogP contribution < -0.4 is 0 Å². The van der Waals surface area contributed by atoms with Gasteiger partial charge < -0.3 is 9.84 Å². The van der Waals surface area contributed by atoms with Crippen molar-refractivity contribution in [1.82, 2.24) is 0 Å². The number of ether oxygens (including phenoxy) is 1. The van der Waals surface area contributed by atoms with Crippen LogP contribution in [0.3, 0.4) is 0 Å². The van der Waals surface area contributed by atoms with Crippen molar-refractivity contribution in [3.8, 4) is 0 Å². The van der Waals surface area contributed by atoms with Crippen LogP contribution in [0.15, 0.2) is 71.4 Å². The fraction of sp³-hybridized carbons (Fsp3) is 0.583. The maximum absolute atomic E-state index is 13.1. The number of cyclic esters (lactones) is 1. The summed E-state index contributed by atoms with van der Waals surface area (Å²) in [5.74, 6) is -0.693.